The predicted octanol–water partition coefficient (Wildman–Crippen LogP) is 6.24. The maximum atomic E-state index is 15.6. The topological polar surface area (TPSA) is 174 Å². The number of anilines is 1. The average Bonchev–Trinajstić information content (AvgIpc) is 3.22. The van der Waals surface area contributed by atoms with Crippen LogP contribution in [0.3, 0.4) is 0 Å². The van der Waals surface area contributed by atoms with E-state index in [4.69, 9.17) is 21.1 Å². The number of piperazine rings is 1. The van der Waals surface area contributed by atoms with Crippen LogP contribution < -0.4 is 5.32 Å². The Kier molecular flexibility index (Phi) is 11.9. The van der Waals surface area contributed by atoms with Crippen molar-refractivity contribution >= 4 is 45.4 Å². The molecule has 0 radical (unpaired) electrons. The highest BCUT2D eigenvalue weighted by Gasteiger charge is 2.48. The van der Waals surface area contributed by atoms with Gasteiger partial charge in [0.05, 0.1) is 12.9 Å². The number of sulfonamides is 1. The van der Waals surface area contributed by atoms with Crippen LogP contribution in [0, 0.1) is 5.82 Å². The van der Waals surface area contributed by atoms with E-state index in [1.807, 2.05) is 0 Å². The lowest BCUT2D eigenvalue weighted by Gasteiger charge is -2.44. The maximum absolute atomic E-state index is 15.6. The van der Waals surface area contributed by atoms with Crippen molar-refractivity contribution in [2.75, 3.05) is 44.4 Å². The van der Waals surface area contributed by atoms with Gasteiger partial charge in [-0.3, -0.25) is 4.79 Å². The SMILES string of the molecule is COC(=O)N1CCC(c2ccc(Cl)cc2)([C@H](N=[N+]=[N-])C(=O)Nc2cccc(F)c2CC[C@H]2CN(C(=O)OC(C)(C)C)[C@@H]3CCCS(=O)(=O)N2C3)CC1. The number of methoxy groups -OCH3 is 1. The Morgan fingerprint density at radius 2 is 1.81 bits per heavy atom. The van der Waals surface area contributed by atoms with Gasteiger partial charge in [-0.15, -0.1) is 0 Å². The average molecular weight is 762 g/mol. The van der Waals surface area contributed by atoms with Gasteiger partial charge in [0.25, 0.3) is 0 Å². The van der Waals surface area contributed by atoms with Gasteiger partial charge in [-0.2, -0.15) is 4.31 Å². The molecule has 3 aliphatic heterocycles. The van der Waals surface area contributed by atoms with E-state index in [-0.39, 0.29) is 74.9 Å². The third-order valence-corrected chi connectivity index (χ3v) is 12.3. The lowest BCUT2D eigenvalue weighted by atomic mass is 9.67. The lowest BCUT2D eigenvalue weighted by molar-refractivity contribution is -0.119. The molecule has 3 fully saturated rings. The first kappa shape index (κ1) is 39.1. The van der Waals surface area contributed by atoms with Crippen molar-refractivity contribution in [3.8, 4) is 0 Å². The van der Waals surface area contributed by atoms with E-state index in [1.165, 1.54) is 34.5 Å². The van der Waals surface area contributed by atoms with Gasteiger partial charge in [0.1, 0.15) is 17.5 Å². The Labute approximate surface area is 308 Å². The standard InChI is InChI=1S/C35H45ClFN7O7S/c1-34(2,3)51-33(47)43-21-26(44-22-25(43)7-6-20-52(44,48)49)14-15-27-28(37)8-5-9-29(27)39-31(45)30(40-41-38)35(23-10-12-24(36)13-11-23)16-18-42(19-17-35)32(46)50-4/h5,8-13,25-26,30H,6-7,14-22H2,1-4H3,(H,39,45)/t25-,26+,30-/m1/s1. The van der Waals surface area contributed by atoms with Crippen LogP contribution in [-0.4, -0.2) is 103 Å². The second-order valence-corrected chi connectivity index (χ2v) is 17.0. The minimum absolute atomic E-state index is 0.0222. The third-order valence-electron chi connectivity index (χ3n) is 10.1. The van der Waals surface area contributed by atoms with E-state index in [2.05, 4.69) is 15.3 Å². The summed E-state index contributed by atoms with van der Waals surface area (Å²) in [7, 11) is -2.36. The van der Waals surface area contributed by atoms with Crippen LogP contribution in [0.25, 0.3) is 10.4 Å². The van der Waals surface area contributed by atoms with Crippen LogP contribution in [0.1, 0.15) is 64.0 Å². The number of carbonyl (C=O) groups excluding carboxylic acids is 3. The summed E-state index contributed by atoms with van der Waals surface area (Å²) in [6.45, 7) is 5.90. The second-order valence-electron chi connectivity index (χ2n) is 14.5. The summed E-state index contributed by atoms with van der Waals surface area (Å²) in [6, 6.07) is 8.74. The Bertz CT molecular complexity index is 1810. The smallest absolute Gasteiger partial charge is 0.410 e. The number of likely N-dealkylation sites (tertiary alicyclic amines) is 1. The molecule has 3 aliphatic rings. The lowest BCUT2D eigenvalue weighted by Crippen LogP contribution is -2.60. The number of rotatable bonds is 8. The van der Waals surface area contributed by atoms with Crippen LogP contribution in [0.4, 0.5) is 19.7 Å². The molecule has 3 heterocycles. The number of carbonyl (C=O) groups is 3. The van der Waals surface area contributed by atoms with Crippen LogP contribution in [-0.2, 0) is 36.1 Å². The van der Waals surface area contributed by atoms with Crippen molar-refractivity contribution in [2.24, 2.45) is 5.11 Å². The maximum Gasteiger partial charge on any atom is 0.410 e. The molecule has 14 nitrogen and oxygen atoms in total. The Morgan fingerprint density at radius 1 is 1.12 bits per heavy atom. The van der Waals surface area contributed by atoms with Crippen molar-refractivity contribution in [2.45, 2.75) is 88.4 Å². The van der Waals surface area contributed by atoms with Crippen LogP contribution in [0.15, 0.2) is 47.6 Å². The van der Waals surface area contributed by atoms with Gasteiger partial charge in [-0.1, -0.05) is 34.9 Å². The Morgan fingerprint density at radius 3 is 2.44 bits per heavy atom. The largest absolute Gasteiger partial charge is 0.453 e. The zero-order chi connectivity index (χ0) is 37.8. The number of amides is 3. The van der Waals surface area contributed by atoms with Crippen molar-refractivity contribution in [1.29, 1.82) is 0 Å². The number of benzene rings is 2. The van der Waals surface area contributed by atoms with Crippen molar-refractivity contribution in [3.63, 3.8) is 0 Å². The number of ether oxygens (including phenoxy) is 2. The molecular formula is C35H45ClFN7O7S. The molecule has 0 aliphatic carbocycles. The molecule has 282 valence electrons. The monoisotopic (exact) mass is 761 g/mol. The molecule has 2 aromatic rings. The fourth-order valence-corrected chi connectivity index (χ4v) is 9.45. The second kappa shape index (κ2) is 15.9. The zero-order valence-corrected chi connectivity index (χ0v) is 31.3. The molecule has 52 heavy (non-hydrogen) atoms. The van der Waals surface area contributed by atoms with Gasteiger partial charge in [-0.05, 0) is 94.7 Å². The van der Waals surface area contributed by atoms with E-state index in [0.29, 0.717) is 23.4 Å². The molecule has 1 N–H and O–H groups in total. The number of fused-ring (bicyclic) bond motifs is 2. The number of nitrogens with zero attached hydrogens (tertiary/aromatic N) is 6. The Hall–Kier alpha value is -4.11. The first-order valence-corrected chi connectivity index (χ1v) is 19.3. The van der Waals surface area contributed by atoms with Gasteiger partial charge in [0.15, 0.2) is 0 Å². The summed E-state index contributed by atoms with van der Waals surface area (Å²) in [6.07, 6.45) is 0.516. The highest BCUT2D eigenvalue weighted by molar-refractivity contribution is 7.89. The third kappa shape index (κ3) is 8.57. The van der Waals surface area contributed by atoms with Gasteiger partial charge < -0.3 is 24.6 Å². The van der Waals surface area contributed by atoms with Crippen LogP contribution in [0.2, 0.25) is 5.02 Å². The molecule has 17 heteroatoms. The first-order valence-electron chi connectivity index (χ1n) is 17.3. The van der Waals surface area contributed by atoms with Gasteiger partial charge in [0, 0.05) is 64.9 Å². The summed E-state index contributed by atoms with van der Waals surface area (Å²) in [5.74, 6) is -1.36. The molecule has 0 aromatic heterocycles. The Balaban J connectivity index is 1.42. The highest BCUT2D eigenvalue weighted by atomic mass is 35.5. The van der Waals surface area contributed by atoms with E-state index < -0.39 is 57.0 Å². The van der Waals surface area contributed by atoms with Gasteiger partial charge >= 0.3 is 12.2 Å². The fraction of sp³-hybridized carbons (Fsp3) is 0.571. The molecule has 4 atom stereocenters. The molecule has 0 saturated carbocycles. The van der Waals surface area contributed by atoms with Crippen LogP contribution >= 0.6 is 11.6 Å². The van der Waals surface area contributed by atoms with E-state index in [9.17, 15) is 28.3 Å². The van der Waals surface area contributed by atoms with Gasteiger partial charge in [0.2, 0.25) is 15.9 Å². The zero-order valence-electron chi connectivity index (χ0n) is 29.8. The summed E-state index contributed by atoms with van der Waals surface area (Å²) in [4.78, 5) is 45.9. The normalized spacial score (nSPS) is 23.0. The molecule has 2 bridgehead atoms. The summed E-state index contributed by atoms with van der Waals surface area (Å²) in [5, 5.41) is 7.24. The molecule has 2 aromatic carbocycles. The summed E-state index contributed by atoms with van der Waals surface area (Å²) >= 11 is 6.18. The number of hydrogen-bond acceptors (Lipinski definition) is 8. The van der Waals surface area contributed by atoms with Gasteiger partial charge in [-0.25, -0.2) is 22.4 Å². The number of hydrogen-bond donors (Lipinski definition) is 1. The molecule has 3 saturated heterocycles. The van der Waals surface area contributed by atoms with E-state index in [0.717, 1.165) is 0 Å². The van der Waals surface area contributed by atoms with E-state index in [1.54, 1.807) is 49.9 Å². The minimum atomic E-state index is -3.64. The quantitative estimate of drug-likeness (QED) is 0.188. The summed E-state index contributed by atoms with van der Waals surface area (Å²) < 4.78 is 54.3. The molecule has 5 rings (SSSR count). The number of piperidine rings is 1. The number of nitrogens with one attached hydrogen (secondary N) is 1. The summed E-state index contributed by atoms with van der Waals surface area (Å²) in [5.41, 5.74) is 8.82. The highest BCUT2D eigenvalue weighted by Crippen LogP contribution is 2.42. The van der Waals surface area contributed by atoms with Crippen molar-refractivity contribution in [1.82, 2.24) is 14.1 Å². The molecular weight excluding hydrogens is 717 g/mol. The fourth-order valence-electron chi connectivity index (χ4n) is 7.54. The van der Waals surface area contributed by atoms with Crippen molar-refractivity contribution in [3.05, 3.63) is 74.9 Å². The number of halogens is 2. The van der Waals surface area contributed by atoms with E-state index >= 15 is 4.39 Å². The molecule has 0 spiro atoms. The molecule has 3 amide bonds. The predicted molar refractivity (Wildman–Crippen MR) is 193 cm³/mol. The molecule has 1 unspecified atom stereocenters. The first-order chi connectivity index (χ1) is 24.6. The number of azide groups is 1. The van der Waals surface area contributed by atoms with Crippen molar-refractivity contribution < 1.29 is 36.7 Å². The van der Waals surface area contributed by atoms with Crippen LogP contribution in [0.5, 0.6) is 0 Å². The minimum Gasteiger partial charge on any atom is -0.453 e.